The molecule has 2 aromatic rings. The molecule has 0 saturated carbocycles. The second-order valence-electron chi connectivity index (χ2n) is 8.64. The van der Waals surface area contributed by atoms with E-state index in [0.29, 0.717) is 33.9 Å². The quantitative estimate of drug-likeness (QED) is 0.278. The van der Waals surface area contributed by atoms with Crippen LogP contribution in [-0.4, -0.2) is 43.9 Å². The first-order chi connectivity index (χ1) is 18.2. The Morgan fingerprint density at radius 3 is 1.95 bits per heavy atom. The van der Waals surface area contributed by atoms with Crippen LogP contribution in [0.3, 0.4) is 0 Å². The van der Waals surface area contributed by atoms with Crippen molar-refractivity contribution in [2.45, 2.75) is 40.5 Å². The molecule has 0 unspecified atom stereocenters. The summed E-state index contributed by atoms with van der Waals surface area (Å²) in [6.45, 7) is 9.13. The van der Waals surface area contributed by atoms with Gasteiger partial charge in [-0.15, -0.1) is 0 Å². The molecule has 1 heterocycles. The van der Waals surface area contributed by atoms with E-state index in [0.717, 1.165) is 11.1 Å². The minimum atomic E-state index is -0.692. The zero-order valence-electron chi connectivity index (χ0n) is 22.3. The number of rotatable bonds is 10. The van der Waals surface area contributed by atoms with Gasteiger partial charge in [-0.25, -0.2) is 15.0 Å². The average molecular weight is 520 g/mol. The van der Waals surface area contributed by atoms with Gasteiger partial charge in [-0.1, -0.05) is 42.0 Å². The van der Waals surface area contributed by atoms with Crippen LogP contribution < -0.4 is 15.5 Å². The smallest absolute Gasteiger partial charge is 0.336 e. The van der Waals surface area contributed by atoms with Crippen molar-refractivity contribution in [2.24, 2.45) is 5.10 Å². The van der Waals surface area contributed by atoms with Crippen molar-refractivity contribution in [1.29, 1.82) is 0 Å². The Labute approximate surface area is 222 Å². The van der Waals surface area contributed by atoms with Crippen LogP contribution >= 0.6 is 0 Å². The summed E-state index contributed by atoms with van der Waals surface area (Å²) in [5.41, 5.74) is 6.98. The van der Waals surface area contributed by atoms with Crippen molar-refractivity contribution >= 4 is 24.1 Å². The van der Waals surface area contributed by atoms with Crippen LogP contribution in [0.2, 0.25) is 0 Å². The van der Waals surface area contributed by atoms with E-state index in [-0.39, 0.29) is 19.8 Å². The van der Waals surface area contributed by atoms with Gasteiger partial charge < -0.3 is 19.5 Å². The van der Waals surface area contributed by atoms with Crippen LogP contribution in [0.1, 0.15) is 50.3 Å². The number of esters is 2. The highest BCUT2D eigenvalue weighted by Crippen LogP contribution is 2.39. The minimum Gasteiger partial charge on any atom is -0.484 e. The van der Waals surface area contributed by atoms with Gasteiger partial charge in [-0.2, -0.15) is 5.10 Å². The van der Waals surface area contributed by atoms with Gasteiger partial charge in [-0.3, -0.25) is 4.79 Å². The number of carbonyl (C=O) groups is 3. The van der Waals surface area contributed by atoms with E-state index in [1.165, 1.54) is 0 Å². The van der Waals surface area contributed by atoms with Crippen LogP contribution in [0.15, 0.2) is 76.2 Å². The molecule has 2 aromatic carbocycles. The lowest BCUT2D eigenvalue weighted by Gasteiger charge is -2.30. The molecule has 0 radical (unpaired) electrons. The fourth-order valence-electron chi connectivity index (χ4n) is 4.06. The number of allylic oxidation sites excluding steroid dienone is 2. The number of amides is 1. The number of hydrazone groups is 1. The van der Waals surface area contributed by atoms with Crippen LogP contribution in [0.5, 0.6) is 5.75 Å². The number of ether oxygens (including phenoxy) is 3. The van der Waals surface area contributed by atoms with Crippen molar-refractivity contribution in [2.75, 3.05) is 19.8 Å². The summed E-state index contributed by atoms with van der Waals surface area (Å²) >= 11 is 0. The van der Waals surface area contributed by atoms with Gasteiger partial charge in [-0.05, 0) is 57.9 Å². The molecule has 0 aromatic heterocycles. The van der Waals surface area contributed by atoms with E-state index in [1.54, 1.807) is 58.2 Å². The predicted octanol–water partition coefficient (Wildman–Crippen LogP) is 3.89. The third-order valence-electron chi connectivity index (χ3n) is 5.81. The highest BCUT2D eigenvalue weighted by atomic mass is 16.5. The SMILES string of the molecule is CCOC(=O)C1=C(C)NC(C)=C(C(=O)OCC)C1c1ccc(OCC(=O)N/N=C/c2ccc(C)cc2)cc1. The minimum absolute atomic E-state index is 0.198. The Morgan fingerprint density at radius 2 is 1.42 bits per heavy atom. The lowest BCUT2D eigenvalue weighted by atomic mass is 9.80. The molecule has 3 rings (SSSR count). The number of aryl methyl sites for hydroxylation is 1. The molecule has 1 amide bonds. The maximum absolute atomic E-state index is 12.9. The van der Waals surface area contributed by atoms with E-state index in [9.17, 15) is 14.4 Å². The number of hydrogen-bond donors (Lipinski definition) is 2. The highest BCUT2D eigenvalue weighted by Gasteiger charge is 2.37. The first-order valence-corrected chi connectivity index (χ1v) is 12.4. The Balaban J connectivity index is 1.74. The number of hydrogen-bond acceptors (Lipinski definition) is 8. The van der Waals surface area contributed by atoms with Crippen LogP contribution in [-0.2, 0) is 23.9 Å². The lowest BCUT2D eigenvalue weighted by molar-refractivity contribution is -0.139. The summed E-state index contributed by atoms with van der Waals surface area (Å²) in [7, 11) is 0. The molecule has 2 N–H and O–H groups in total. The van der Waals surface area contributed by atoms with E-state index in [1.807, 2.05) is 31.2 Å². The molecular weight excluding hydrogens is 486 g/mol. The van der Waals surface area contributed by atoms with Gasteiger partial charge in [0.05, 0.1) is 36.5 Å². The van der Waals surface area contributed by atoms with Gasteiger partial charge in [0.2, 0.25) is 0 Å². The van der Waals surface area contributed by atoms with Crippen LogP contribution in [0.4, 0.5) is 0 Å². The van der Waals surface area contributed by atoms with Crippen molar-refractivity contribution in [3.8, 4) is 5.75 Å². The second-order valence-corrected chi connectivity index (χ2v) is 8.64. The van der Waals surface area contributed by atoms with Crippen molar-refractivity contribution in [3.63, 3.8) is 0 Å². The molecule has 9 nitrogen and oxygen atoms in total. The normalized spacial score (nSPS) is 13.8. The van der Waals surface area contributed by atoms with E-state index < -0.39 is 23.8 Å². The van der Waals surface area contributed by atoms with Crippen LogP contribution in [0.25, 0.3) is 0 Å². The molecule has 9 heteroatoms. The van der Waals surface area contributed by atoms with Gasteiger partial charge in [0, 0.05) is 11.4 Å². The molecule has 0 fully saturated rings. The molecule has 1 aliphatic heterocycles. The fraction of sp³-hybridized carbons (Fsp3) is 0.310. The summed E-state index contributed by atoms with van der Waals surface area (Å²) in [6, 6.07) is 14.6. The number of benzene rings is 2. The molecule has 0 saturated heterocycles. The first kappa shape index (κ1) is 28.2. The lowest BCUT2D eigenvalue weighted by Crippen LogP contribution is -2.32. The van der Waals surface area contributed by atoms with Gasteiger partial charge in [0.25, 0.3) is 5.91 Å². The number of nitrogens with one attached hydrogen (secondary N) is 2. The van der Waals surface area contributed by atoms with Crippen molar-refractivity contribution in [3.05, 3.63) is 87.8 Å². The van der Waals surface area contributed by atoms with Gasteiger partial charge >= 0.3 is 11.9 Å². The van der Waals surface area contributed by atoms with Crippen LogP contribution in [0, 0.1) is 6.92 Å². The summed E-state index contributed by atoms with van der Waals surface area (Å²) < 4.78 is 16.2. The number of nitrogens with zero attached hydrogens (tertiary/aromatic N) is 1. The molecule has 0 bridgehead atoms. The van der Waals surface area contributed by atoms with Gasteiger partial charge in [0.1, 0.15) is 5.75 Å². The Bertz CT molecular complexity index is 1220. The van der Waals surface area contributed by atoms with E-state index in [4.69, 9.17) is 14.2 Å². The topological polar surface area (TPSA) is 115 Å². The molecule has 0 aliphatic carbocycles. The van der Waals surface area contributed by atoms with Crippen molar-refractivity contribution in [1.82, 2.24) is 10.7 Å². The summed E-state index contributed by atoms with van der Waals surface area (Å²) in [5.74, 6) is -1.69. The van der Waals surface area contributed by atoms with E-state index in [2.05, 4.69) is 15.8 Å². The first-order valence-electron chi connectivity index (χ1n) is 12.4. The maximum atomic E-state index is 12.9. The molecule has 38 heavy (non-hydrogen) atoms. The largest absolute Gasteiger partial charge is 0.484 e. The second kappa shape index (κ2) is 13.2. The molecule has 0 atom stereocenters. The molecule has 200 valence electrons. The number of carbonyl (C=O) groups excluding carboxylic acids is 3. The zero-order valence-corrected chi connectivity index (χ0v) is 22.3. The number of dihydropyridines is 1. The summed E-state index contributed by atoms with van der Waals surface area (Å²) in [4.78, 5) is 37.9. The average Bonchev–Trinajstić information content (AvgIpc) is 2.88. The zero-order chi connectivity index (χ0) is 27.7. The highest BCUT2D eigenvalue weighted by molar-refractivity contribution is 5.99. The summed E-state index contributed by atoms with van der Waals surface area (Å²) in [5, 5.41) is 7.05. The Kier molecular flexibility index (Phi) is 9.81. The monoisotopic (exact) mass is 519 g/mol. The van der Waals surface area contributed by atoms with E-state index >= 15 is 0 Å². The third kappa shape index (κ3) is 7.09. The summed E-state index contributed by atoms with van der Waals surface area (Å²) in [6.07, 6.45) is 1.55. The Hall–Kier alpha value is -4.40. The molecule has 0 spiro atoms. The third-order valence-corrected chi connectivity index (χ3v) is 5.81. The van der Waals surface area contributed by atoms with Gasteiger partial charge in [0.15, 0.2) is 6.61 Å². The van der Waals surface area contributed by atoms with Crippen molar-refractivity contribution < 1.29 is 28.6 Å². The fourth-order valence-corrected chi connectivity index (χ4v) is 4.06. The Morgan fingerprint density at radius 1 is 0.868 bits per heavy atom. The molecule has 1 aliphatic rings. The predicted molar refractivity (Wildman–Crippen MR) is 143 cm³/mol. The maximum Gasteiger partial charge on any atom is 0.336 e. The standard InChI is InChI=1S/C29H33N3O6/c1-6-36-28(34)25-19(4)31-20(5)26(29(35)37-7-2)27(25)22-12-14-23(15-13-22)38-17-24(33)32-30-16-21-10-8-18(3)9-11-21/h8-16,27,31H,6-7,17H2,1-5H3,(H,32,33)/b30-16+. The molecular formula is C29H33N3O6.